The molecule has 0 fully saturated rings. The molecule has 0 radical (unpaired) electrons. The van der Waals surface area contributed by atoms with E-state index in [0.717, 1.165) is 13.0 Å². The summed E-state index contributed by atoms with van der Waals surface area (Å²) < 4.78 is 64.9. The fourth-order valence-corrected chi connectivity index (χ4v) is 2.93. The maximum Gasteiger partial charge on any atom is 0.424 e. The van der Waals surface area contributed by atoms with E-state index in [-0.39, 0.29) is 17.3 Å². The van der Waals surface area contributed by atoms with Crippen LogP contribution in [0.5, 0.6) is 6.01 Å². The molecule has 1 amide bonds. The van der Waals surface area contributed by atoms with Gasteiger partial charge in [-0.25, -0.2) is 19.2 Å². The van der Waals surface area contributed by atoms with Crippen molar-refractivity contribution in [1.29, 1.82) is 0 Å². The Morgan fingerprint density at radius 2 is 1.94 bits per heavy atom. The number of nitrogens with one attached hydrogen (secondary N) is 1. The predicted octanol–water partition coefficient (Wildman–Crippen LogP) is 3.91. The normalized spacial score (nSPS) is 23.8. The van der Waals surface area contributed by atoms with Crippen LogP contribution in [0.2, 0.25) is 0 Å². The number of benzene rings is 1. The van der Waals surface area contributed by atoms with Crippen molar-refractivity contribution < 1.29 is 31.8 Å². The van der Waals surface area contributed by atoms with E-state index in [2.05, 4.69) is 36.2 Å². The molecule has 8 nitrogen and oxygen atoms in total. The average Bonchev–Trinajstić information content (AvgIpc) is 2.67. The van der Waals surface area contributed by atoms with E-state index in [1.54, 1.807) is 0 Å². The average molecular weight is 506 g/mol. The van der Waals surface area contributed by atoms with Crippen molar-refractivity contribution in [3.63, 3.8) is 0 Å². The molecule has 3 N–H and O–H groups in total. The number of alkyl halides is 3. The molecular weight excluding hydrogens is 490 g/mol. The molecule has 2 atom stereocenters. The molecule has 1 aromatic heterocycles. The van der Waals surface area contributed by atoms with E-state index >= 15 is 0 Å². The highest BCUT2D eigenvalue weighted by Gasteiger charge is 2.59. The number of hydrogen-bond acceptors (Lipinski definition) is 7. The Labute approximate surface area is 182 Å². The first-order valence-electron chi connectivity index (χ1n) is 8.67. The Balaban J connectivity index is 1.84. The van der Waals surface area contributed by atoms with Crippen LogP contribution in [0.25, 0.3) is 0 Å². The van der Waals surface area contributed by atoms with Crippen LogP contribution in [0.4, 0.5) is 28.0 Å². The van der Waals surface area contributed by atoms with Gasteiger partial charge in [-0.1, -0.05) is 0 Å². The van der Waals surface area contributed by atoms with Crippen LogP contribution in [0, 0.1) is 5.82 Å². The summed E-state index contributed by atoms with van der Waals surface area (Å²) >= 11 is 3.14. The van der Waals surface area contributed by atoms with Crippen molar-refractivity contribution in [2.75, 3.05) is 11.9 Å². The number of aliphatic imine (C=N–C) groups is 1. The molecule has 13 heteroatoms. The zero-order valence-corrected chi connectivity index (χ0v) is 17.7. The Kier molecular flexibility index (Phi) is 5.93. The number of nitrogens with two attached hydrogens (primary N) is 1. The second-order valence-electron chi connectivity index (χ2n) is 6.98. The molecule has 1 aromatic carbocycles. The van der Waals surface area contributed by atoms with Crippen molar-refractivity contribution in [3.05, 3.63) is 46.4 Å². The molecule has 0 bridgehead atoms. The van der Waals surface area contributed by atoms with Crippen LogP contribution in [0.3, 0.4) is 0 Å². The number of ether oxygens (including phenoxy) is 2. The SMILES string of the molecule is C[C@@]1(c2cc(NC(=O)Oc3ncc(Br)cn3)ccc2F)CO[C@@](C)(C(F)(F)F)C(N)=N1. The molecular formula is C18H16BrF4N5O3. The predicted molar refractivity (Wildman–Crippen MR) is 105 cm³/mol. The van der Waals surface area contributed by atoms with E-state index in [0.29, 0.717) is 4.47 Å². The highest BCUT2D eigenvalue weighted by atomic mass is 79.9. The molecule has 0 unspecified atom stereocenters. The van der Waals surface area contributed by atoms with Crippen LogP contribution in [-0.2, 0) is 10.3 Å². The van der Waals surface area contributed by atoms with Crippen molar-refractivity contribution in [1.82, 2.24) is 9.97 Å². The summed E-state index contributed by atoms with van der Waals surface area (Å²) in [6, 6.07) is 3.24. The third-order valence-corrected chi connectivity index (χ3v) is 5.02. The fraction of sp³-hybridized carbons (Fsp3) is 0.333. The zero-order chi connectivity index (χ0) is 23.0. The highest BCUT2D eigenvalue weighted by molar-refractivity contribution is 9.10. The van der Waals surface area contributed by atoms with Gasteiger partial charge in [0, 0.05) is 23.6 Å². The van der Waals surface area contributed by atoms with Crippen LogP contribution >= 0.6 is 15.9 Å². The van der Waals surface area contributed by atoms with E-state index in [9.17, 15) is 22.4 Å². The Morgan fingerprint density at radius 3 is 2.52 bits per heavy atom. The molecule has 0 saturated carbocycles. The van der Waals surface area contributed by atoms with Gasteiger partial charge in [0.1, 0.15) is 17.2 Å². The molecule has 0 aliphatic carbocycles. The van der Waals surface area contributed by atoms with E-state index in [1.165, 1.54) is 31.5 Å². The summed E-state index contributed by atoms with van der Waals surface area (Å²) in [7, 11) is 0. The molecule has 2 aromatic rings. The summed E-state index contributed by atoms with van der Waals surface area (Å²) in [4.78, 5) is 23.5. The standard InChI is InChI=1S/C18H16BrF4N5O3/c1-16(8-30-17(2,13(24)28-16)18(21,22)23)11-5-10(3-4-12(11)20)27-15(29)31-14-25-6-9(19)7-26-14/h3-7H,8H2,1-2H3,(H2,24,28)(H,27,29)/t16-,17+/m0/s1. The molecule has 31 heavy (non-hydrogen) atoms. The number of hydrogen-bond donors (Lipinski definition) is 2. The lowest BCUT2D eigenvalue weighted by atomic mass is 9.89. The Morgan fingerprint density at radius 1 is 1.29 bits per heavy atom. The number of carbonyl (C=O) groups is 1. The fourth-order valence-electron chi connectivity index (χ4n) is 2.72. The number of amidine groups is 1. The number of anilines is 1. The lowest BCUT2D eigenvalue weighted by Gasteiger charge is -2.41. The van der Waals surface area contributed by atoms with Crippen LogP contribution in [0.1, 0.15) is 19.4 Å². The molecule has 1 aliphatic rings. The molecule has 166 valence electrons. The topological polar surface area (TPSA) is 112 Å². The Bertz CT molecular complexity index is 1030. The van der Waals surface area contributed by atoms with E-state index in [1.807, 2.05) is 0 Å². The van der Waals surface area contributed by atoms with Crippen molar-refractivity contribution in [2.24, 2.45) is 10.7 Å². The molecule has 2 heterocycles. The number of nitrogens with zero attached hydrogens (tertiary/aromatic N) is 3. The second kappa shape index (κ2) is 8.04. The van der Waals surface area contributed by atoms with E-state index in [4.69, 9.17) is 15.2 Å². The number of carbonyl (C=O) groups excluding carboxylic acids is 1. The van der Waals surface area contributed by atoms with Crippen molar-refractivity contribution in [2.45, 2.75) is 31.2 Å². The highest BCUT2D eigenvalue weighted by Crippen LogP contribution is 2.41. The van der Waals surface area contributed by atoms with Crippen molar-refractivity contribution >= 4 is 33.5 Å². The van der Waals surface area contributed by atoms with Gasteiger partial charge in [0.15, 0.2) is 0 Å². The lowest BCUT2D eigenvalue weighted by Crippen LogP contribution is -2.60. The molecule has 1 aliphatic heterocycles. The third kappa shape index (κ3) is 4.61. The smallest absolute Gasteiger partial charge is 0.385 e. The minimum absolute atomic E-state index is 0.0951. The van der Waals surface area contributed by atoms with Gasteiger partial charge in [0.05, 0.1) is 11.1 Å². The van der Waals surface area contributed by atoms with Crippen molar-refractivity contribution in [3.8, 4) is 6.01 Å². The summed E-state index contributed by atoms with van der Waals surface area (Å²) in [5.74, 6) is -1.60. The van der Waals surface area contributed by atoms with Gasteiger partial charge in [0.25, 0.3) is 0 Å². The number of aromatic nitrogens is 2. The van der Waals surface area contributed by atoms with Crippen LogP contribution in [0.15, 0.2) is 40.1 Å². The maximum absolute atomic E-state index is 14.5. The Hall–Kier alpha value is -2.80. The summed E-state index contributed by atoms with van der Waals surface area (Å²) in [6.07, 6.45) is -3.03. The number of halogens is 5. The number of amides is 1. The van der Waals surface area contributed by atoms with Crippen LogP contribution in [-0.4, -0.2) is 40.3 Å². The van der Waals surface area contributed by atoms with Gasteiger partial charge >= 0.3 is 18.3 Å². The van der Waals surface area contributed by atoms with Gasteiger partial charge in [-0.05, 0) is 48.0 Å². The summed E-state index contributed by atoms with van der Waals surface area (Å²) in [6.45, 7) is 1.52. The first kappa shape index (κ1) is 22.9. The quantitative estimate of drug-likeness (QED) is 0.611. The zero-order valence-electron chi connectivity index (χ0n) is 16.1. The van der Waals surface area contributed by atoms with Crippen LogP contribution < -0.4 is 15.8 Å². The van der Waals surface area contributed by atoms with Gasteiger partial charge < -0.3 is 15.2 Å². The molecule has 0 spiro atoms. The van der Waals surface area contributed by atoms with Gasteiger partial charge in [-0.15, -0.1) is 0 Å². The largest absolute Gasteiger partial charge is 0.424 e. The van der Waals surface area contributed by atoms with Gasteiger partial charge in [-0.2, -0.15) is 13.2 Å². The van der Waals surface area contributed by atoms with E-state index < -0.39 is 41.7 Å². The van der Waals surface area contributed by atoms with Gasteiger partial charge in [-0.3, -0.25) is 10.3 Å². The maximum atomic E-state index is 14.5. The first-order valence-corrected chi connectivity index (χ1v) is 9.46. The summed E-state index contributed by atoms with van der Waals surface area (Å²) in [5.41, 5.74) is 1.18. The minimum atomic E-state index is -4.80. The second-order valence-corrected chi connectivity index (χ2v) is 7.90. The number of rotatable bonds is 3. The third-order valence-electron chi connectivity index (χ3n) is 4.61. The lowest BCUT2D eigenvalue weighted by molar-refractivity contribution is -0.249. The molecule has 3 rings (SSSR count). The first-order chi connectivity index (χ1) is 14.3. The minimum Gasteiger partial charge on any atom is -0.385 e. The monoisotopic (exact) mass is 505 g/mol. The summed E-state index contributed by atoms with van der Waals surface area (Å²) in [5, 5.41) is 2.36. The molecule has 0 saturated heterocycles. The van der Waals surface area contributed by atoms with Gasteiger partial charge in [0.2, 0.25) is 5.60 Å².